The van der Waals surface area contributed by atoms with Crippen molar-refractivity contribution >= 4 is 15.9 Å². The zero-order chi connectivity index (χ0) is 18.2. The molecule has 1 amide bonds. The highest BCUT2D eigenvalue weighted by Gasteiger charge is 2.33. The van der Waals surface area contributed by atoms with Crippen molar-refractivity contribution in [2.24, 2.45) is 5.92 Å². The van der Waals surface area contributed by atoms with Crippen molar-refractivity contribution in [3.8, 4) is 0 Å². The summed E-state index contributed by atoms with van der Waals surface area (Å²) in [7, 11) is -3.80. The maximum Gasteiger partial charge on any atom is 0.245 e. The minimum Gasteiger partial charge on any atom is -0.349 e. The summed E-state index contributed by atoms with van der Waals surface area (Å²) in [6.07, 6.45) is 0. The fraction of sp³-hybridized carbons (Fsp3) is 0.400. The number of nitrogens with one attached hydrogen (secondary N) is 2. The van der Waals surface area contributed by atoms with Gasteiger partial charge in [0.05, 0.1) is 23.7 Å². The number of nitrogens with zero attached hydrogens (tertiary/aromatic N) is 3. The zero-order valence-corrected chi connectivity index (χ0v) is 14.5. The first kappa shape index (κ1) is 17.5. The summed E-state index contributed by atoms with van der Waals surface area (Å²) in [5, 5.41) is 10.8. The lowest BCUT2D eigenvalue weighted by molar-refractivity contribution is -0.127. The summed E-state index contributed by atoms with van der Waals surface area (Å²) >= 11 is 0. The van der Waals surface area contributed by atoms with Gasteiger partial charge in [-0.15, -0.1) is 5.10 Å². The molecule has 1 unspecified atom stereocenters. The number of rotatable bonds is 5. The summed E-state index contributed by atoms with van der Waals surface area (Å²) in [5.41, 5.74) is 1.11. The fourth-order valence-corrected chi connectivity index (χ4v) is 3.71. The van der Waals surface area contributed by atoms with Crippen LogP contribution in [0.5, 0.6) is 0 Å². The van der Waals surface area contributed by atoms with Crippen molar-refractivity contribution in [1.82, 2.24) is 25.0 Å². The Balaban J connectivity index is 1.80. The molecule has 1 aromatic heterocycles. The van der Waals surface area contributed by atoms with Crippen LogP contribution >= 0.6 is 0 Å². The molecule has 1 aliphatic rings. The largest absolute Gasteiger partial charge is 0.349 e. The standard InChI is InChI=1S/C15H18FN5O3S/c1-9(2)14-15(22)17-8-13-12(19-20-21(13)14)7-18-25(23,24)11-5-3-10(16)4-6-11/h3-6,9,14,18H,7-8H2,1-2H3,(H,17,22). The topological polar surface area (TPSA) is 106 Å². The fourth-order valence-electron chi connectivity index (χ4n) is 2.72. The maximum atomic E-state index is 12.9. The first-order valence-corrected chi connectivity index (χ1v) is 9.24. The molecule has 0 saturated carbocycles. The molecule has 0 radical (unpaired) electrons. The Labute approximate surface area is 144 Å². The third-order valence-corrected chi connectivity index (χ3v) is 5.44. The molecule has 0 saturated heterocycles. The lowest BCUT2D eigenvalue weighted by Crippen LogP contribution is -2.42. The van der Waals surface area contributed by atoms with Crippen molar-refractivity contribution in [2.45, 2.75) is 37.9 Å². The third-order valence-electron chi connectivity index (χ3n) is 4.02. The Morgan fingerprint density at radius 3 is 2.68 bits per heavy atom. The van der Waals surface area contributed by atoms with Gasteiger partial charge in [0.2, 0.25) is 15.9 Å². The van der Waals surface area contributed by atoms with Crippen LogP contribution in [0, 0.1) is 11.7 Å². The van der Waals surface area contributed by atoms with E-state index in [2.05, 4.69) is 20.4 Å². The van der Waals surface area contributed by atoms with Crippen LogP contribution in [-0.2, 0) is 27.9 Å². The SMILES string of the molecule is CC(C)C1C(=O)NCc2c(CNS(=O)(=O)c3ccc(F)cc3)nnn21. The average Bonchev–Trinajstić information content (AvgIpc) is 2.95. The second kappa shape index (κ2) is 6.52. The molecule has 3 rings (SSSR count). The molecule has 10 heteroatoms. The number of carbonyl (C=O) groups excluding carboxylic acids is 1. The minimum atomic E-state index is -3.80. The molecule has 2 N–H and O–H groups in total. The molecule has 0 aliphatic carbocycles. The normalized spacial score (nSPS) is 17.4. The molecule has 25 heavy (non-hydrogen) atoms. The van der Waals surface area contributed by atoms with Gasteiger partial charge in [-0.3, -0.25) is 4.79 Å². The molecular formula is C15H18FN5O3S. The van der Waals surface area contributed by atoms with Crippen molar-refractivity contribution in [3.63, 3.8) is 0 Å². The van der Waals surface area contributed by atoms with E-state index >= 15 is 0 Å². The second-order valence-corrected chi connectivity index (χ2v) is 7.88. The molecule has 2 aromatic rings. The molecule has 2 heterocycles. The summed E-state index contributed by atoms with van der Waals surface area (Å²) in [6, 6.07) is 4.06. The predicted molar refractivity (Wildman–Crippen MR) is 86.2 cm³/mol. The van der Waals surface area contributed by atoms with Crippen LogP contribution in [0.25, 0.3) is 0 Å². The van der Waals surface area contributed by atoms with Crippen LogP contribution in [0.15, 0.2) is 29.2 Å². The quantitative estimate of drug-likeness (QED) is 0.810. The Morgan fingerprint density at radius 2 is 2.04 bits per heavy atom. The molecule has 1 aliphatic heterocycles. The summed E-state index contributed by atoms with van der Waals surface area (Å²) in [6.45, 7) is 3.97. The number of sulfonamides is 1. The van der Waals surface area contributed by atoms with Crippen LogP contribution in [0.3, 0.4) is 0 Å². The van der Waals surface area contributed by atoms with E-state index in [1.54, 1.807) is 4.68 Å². The van der Waals surface area contributed by atoms with Gasteiger partial charge in [-0.05, 0) is 30.2 Å². The van der Waals surface area contributed by atoms with Crippen LogP contribution < -0.4 is 10.0 Å². The molecule has 1 atom stereocenters. The molecule has 8 nitrogen and oxygen atoms in total. The van der Waals surface area contributed by atoms with Gasteiger partial charge >= 0.3 is 0 Å². The van der Waals surface area contributed by atoms with Gasteiger partial charge in [-0.1, -0.05) is 19.1 Å². The van der Waals surface area contributed by atoms with Crippen LogP contribution in [-0.4, -0.2) is 29.3 Å². The number of benzene rings is 1. The molecule has 134 valence electrons. The van der Waals surface area contributed by atoms with Gasteiger partial charge in [0.15, 0.2) is 0 Å². The lowest BCUT2D eigenvalue weighted by Gasteiger charge is -2.26. The number of carbonyl (C=O) groups is 1. The molecule has 0 spiro atoms. The lowest BCUT2D eigenvalue weighted by atomic mass is 10.0. The Bertz CT molecular complexity index is 892. The van der Waals surface area contributed by atoms with Crippen molar-refractivity contribution < 1.29 is 17.6 Å². The molecule has 1 aromatic carbocycles. The predicted octanol–water partition coefficient (Wildman–Crippen LogP) is 0.723. The maximum absolute atomic E-state index is 12.9. The van der Waals surface area contributed by atoms with Gasteiger partial charge in [0.1, 0.15) is 17.6 Å². The van der Waals surface area contributed by atoms with E-state index in [4.69, 9.17) is 0 Å². The van der Waals surface area contributed by atoms with Crippen molar-refractivity contribution in [3.05, 3.63) is 41.5 Å². The second-order valence-electron chi connectivity index (χ2n) is 6.11. The monoisotopic (exact) mass is 367 g/mol. The van der Waals surface area contributed by atoms with Gasteiger partial charge < -0.3 is 5.32 Å². The number of hydrogen-bond donors (Lipinski definition) is 2. The van der Waals surface area contributed by atoms with Crippen LogP contribution in [0.1, 0.15) is 31.3 Å². The molecular weight excluding hydrogens is 349 g/mol. The van der Waals surface area contributed by atoms with Crippen molar-refractivity contribution in [1.29, 1.82) is 0 Å². The first-order chi connectivity index (χ1) is 11.8. The number of aromatic nitrogens is 3. The Hall–Kier alpha value is -2.33. The van der Waals surface area contributed by atoms with E-state index in [0.717, 1.165) is 12.1 Å². The van der Waals surface area contributed by atoms with E-state index in [-0.39, 0.29) is 29.8 Å². The van der Waals surface area contributed by atoms with Crippen molar-refractivity contribution in [2.75, 3.05) is 0 Å². The molecule has 0 fully saturated rings. The average molecular weight is 367 g/mol. The highest BCUT2D eigenvalue weighted by molar-refractivity contribution is 7.89. The van der Waals surface area contributed by atoms with E-state index in [0.29, 0.717) is 11.4 Å². The third kappa shape index (κ3) is 3.40. The van der Waals surface area contributed by atoms with E-state index in [9.17, 15) is 17.6 Å². The van der Waals surface area contributed by atoms with E-state index < -0.39 is 21.9 Å². The summed E-state index contributed by atoms with van der Waals surface area (Å²) in [5.74, 6) is -0.628. The van der Waals surface area contributed by atoms with Gasteiger partial charge in [-0.2, -0.15) is 0 Å². The number of fused-ring (bicyclic) bond motifs is 1. The minimum absolute atomic E-state index is 0.0181. The zero-order valence-electron chi connectivity index (χ0n) is 13.7. The Morgan fingerprint density at radius 1 is 1.36 bits per heavy atom. The smallest absolute Gasteiger partial charge is 0.245 e. The highest BCUT2D eigenvalue weighted by Crippen LogP contribution is 2.24. The number of halogens is 1. The van der Waals surface area contributed by atoms with E-state index in [1.807, 2.05) is 13.8 Å². The molecule has 0 bridgehead atoms. The van der Waals surface area contributed by atoms with Gasteiger partial charge in [0, 0.05) is 0 Å². The van der Waals surface area contributed by atoms with Gasteiger partial charge in [0.25, 0.3) is 0 Å². The number of hydrogen-bond acceptors (Lipinski definition) is 5. The highest BCUT2D eigenvalue weighted by atomic mass is 32.2. The van der Waals surface area contributed by atoms with Crippen LogP contribution in [0.4, 0.5) is 4.39 Å². The summed E-state index contributed by atoms with van der Waals surface area (Å²) < 4.78 is 41.5. The summed E-state index contributed by atoms with van der Waals surface area (Å²) in [4.78, 5) is 12.0. The number of amides is 1. The van der Waals surface area contributed by atoms with E-state index in [1.165, 1.54) is 12.1 Å². The Kier molecular flexibility index (Phi) is 4.56. The first-order valence-electron chi connectivity index (χ1n) is 7.75. The van der Waals surface area contributed by atoms with Gasteiger partial charge in [-0.25, -0.2) is 22.2 Å². The van der Waals surface area contributed by atoms with Crippen LogP contribution in [0.2, 0.25) is 0 Å².